The van der Waals surface area contributed by atoms with Gasteiger partial charge >= 0.3 is 0 Å². The van der Waals surface area contributed by atoms with Gasteiger partial charge in [0.25, 0.3) is 5.91 Å². The Kier molecular flexibility index (Phi) is 5.52. The molecule has 5 nitrogen and oxygen atoms in total. The summed E-state index contributed by atoms with van der Waals surface area (Å²) in [7, 11) is 0.828. The highest BCUT2D eigenvalue weighted by molar-refractivity contribution is 7.80. The third-order valence-electron chi connectivity index (χ3n) is 3.12. The highest BCUT2D eigenvalue weighted by Crippen LogP contribution is 2.29. The van der Waals surface area contributed by atoms with Crippen molar-refractivity contribution in [3.8, 4) is 5.75 Å². The van der Waals surface area contributed by atoms with E-state index in [1.807, 2.05) is 5.32 Å². The van der Waals surface area contributed by atoms with Gasteiger partial charge in [-0.05, 0) is 30.8 Å². The van der Waals surface area contributed by atoms with E-state index in [4.69, 9.17) is 12.2 Å². The summed E-state index contributed by atoms with van der Waals surface area (Å²) >= 11 is 4.83. The largest absolute Gasteiger partial charge is 0.491 e. The molecule has 0 spiro atoms. The first kappa shape index (κ1) is 18.6. The van der Waals surface area contributed by atoms with E-state index in [-0.39, 0.29) is 5.11 Å². The molecule has 0 bridgehead atoms. The predicted octanol–water partition coefficient (Wildman–Crippen LogP) is 3.08. The summed E-state index contributed by atoms with van der Waals surface area (Å²) < 4.78 is 59.3. The number of aromatic nitrogens is 1. The lowest BCUT2D eigenvalue weighted by Crippen LogP contribution is -2.36. The van der Waals surface area contributed by atoms with Crippen LogP contribution in [0.5, 0.6) is 5.75 Å². The lowest BCUT2D eigenvalue weighted by atomic mass is 10.1. The molecule has 0 saturated carbocycles. The van der Waals surface area contributed by atoms with Crippen LogP contribution in [0.2, 0.25) is 0 Å². The molecule has 0 aliphatic heterocycles. The van der Waals surface area contributed by atoms with Crippen molar-refractivity contribution < 1.29 is 27.1 Å². The quantitative estimate of drug-likeness (QED) is 0.492. The molecule has 0 aliphatic carbocycles. The van der Waals surface area contributed by atoms with Crippen LogP contribution >= 0.6 is 12.2 Å². The molecule has 10 heteroatoms. The number of halogens is 4. The molecule has 1 aromatic heterocycles. The van der Waals surface area contributed by atoms with Crippen LogP contribution in [0, 0.1) is 30.2 Å². The SMILES string of the molecule is COc1c(F)c(F)c(C(=O)NC(=S)Nc2ncccc2C)c(F)c1F. The first-order valence-corrected chi connectivity index (χ1v) is 7.12. The van der Waals surface area contributed by atoms with Gasteiger partial charge in [0, 0.05) is 6.20 Å². The van der Waals surface area contributed by atoms with E-state index in [1.165, 1.54) is 6.20 Å². The smallest absolute Gasteiger partial charge is 0.263 e. The van der Waals surface area contributed by atoms with Gasteiger partial charge < -0.3 is 10.1 Å². The van der Waals surface area contributed by atoms with Gasteiger partial charge in [-0.2, -0.15) is 8.78 Å². The van der Waals surface area contributed by atoms with Crippen LogP contribution in [0.1, 0.15) is 15.9 Å². The number of nitrogens with zero attached hydrogens (tertiary/aromatic N) is 1. The monoisotopic (exact) mass is 373 g/mol. The summed E-state index contributed by atoms with van der Waals surface area (Å²) in [6.45, 7) is 1.70. The number of carbonyl (C=O) groups is 1. The summed E-state index contributed by atoms with van der Waals surface area (Å²) in [5.74, 6) is -9.90. The van der Waals surface area contributed by atoms with E-state index >= 15 is 0 Å². The molecule has 0 aliphatic rings. The van der Waals surface area contributed by atoms with Crippen LogP contribution in [-0.2, 0) is 0 Å². The Morgan fingerprint density at radius 3 is 2.28 bits per heavy atom. The van der Waals surface area contributed by atoms with Crippen molar-refractivity contribution in [1.29, 1.82) is 0 Å². The van der Waals surface area contributed by atoms with E-state index in [2.05, 4.69) is 15.0 Å². The van der Waals surface area contributed by atoms with E-state index in [1.54, 1.807) is 19.1 Å². The van der Waals surface area contributed by atoms with Crippen molar-refractivity contribution in [2.75, 3.05) is 12.4 Å². The fourth-order valence-corrected chi connectivity index (χ4v) is 2.10. The molecule has 1 aromatic carbocycles. The molecule has 0 fully saturated rings. The normalized spacial score (nSPS) is 10.3. The second-order valence-corrected chi connectivity index (χ2v) is 5.15. The van der Waals surface area contributed by atoms with Gasteiger partial charge in [-0.3, -0.25) is 10.1 Å². The Morgan fingerprint density at radius 2 is 1.76 bits per heavy atom. The molecule has 0 radical (unpaired) electrons. The first-order chi connectivity index (χ1) is 11.8. The van der Waals surface area contributed by atoms with Gasteiger partial charge in [0.05, 0.1) is 7.11 Å². The van der Waals surface area contributed by atoms with Crippen molar-refractivity contribution in [2.45, 2.75) is 6.92 Å². The Hall–Kier alpha value is -2.75. The van der Waals surface area contributed by atoms with Crippen molar-refractivity contribution in [3.63, 3.8) is 0 Å². The number of benzene rings is 1. The van der Waals surface area contributed by atoms with Crippen molar-refractivity contribution in [3.05, 3.63) is 52.7 Å². The topological polar surface area (TPSA) is 63.2 Å². The van der Waals surface area contributed by atoms with E-state index in [0.717, 1.165) is 7.11 Å². The zero-order valence-corrected chi connectivity index (χ0v) is 13.7. The van der Waals surface area contributed by atoms with Crippen LogP contribution in [0.3, 0.4) is 0 Å². The van der Waals surface area contributed by atoms with Gasteiger partial charge in [-0.15, -0.1) is 0 Å². The van der Waals surface area contributed by atoms with E-state index in [9.17, 15) is 22.4 Å². The second kappa shape index (κ2) is 7.43. The van der Waals surface area contributed by atoms with Gasteiger partial charge in [0.1, 0.15) is 11.4 Å². The number of nitrogens with one attached hydrogen (secondary N) is 2. The maximum absolute atomic E-state index is 13.9. The molecule has 0 atom stereocenters. The molecule has 1 amide bonds. The standard InChI is InChI=1S/C15H11F4N3O2S/c1-6-4-3-5-20-13(6)21-15(25)22-14(23)7-8(16)10(18)12(24-2)11(19)9(7)17/h3-5H,1-2H3,(H2,20,21,22,23,25). The minimum absolute atomic E-state index is 0.292. The Morgan fingerprint density at radius 1 is 1.16 bits per heavy atom. The fourth-order valence-electron chi connectivity index (χ4n) is 1.91. The van der Waals surface area contributed by atoms with Crippen LogP contribution in [0.15, 0.2) is 18.3 Å². The number of aryl methyl sites for hydroxylation is 1. The molecule has 0 unspecified atom stereocenters. The van der Waals surface area contributed by atoms with Crippen LogP contribution < -0.4 is 15.4 Å². The maximum atomic E-state index is 13.9. The fraction of sp³-hybridized carbons (Fsp3) is 0.133. The number of hydrogen-bond donors (Lipinski definition) is 2. The first-order valence-electron chi connectivity index (χ1n) is 6.71. The number of methoxy groups -OCH3 is 1. The highest BCUT2D eigenvalue weighted by atomic mass is 32.1. The van der Waals surface area contributed by atoms with Gasteiger partial charge in [-0.25, -0.2) is 13.8 Å². The number of anilines is 1. The van der Waals surface area contributed by atoms with Crippen LogP contribution in [-0.4, -0.2) is 23.1 Å². The molecular formula is C15H11F4N3O2S. The summed E-state index contributed by atoms with van der Waals surface area (Å²) in [6.07, 6.45) is 1.45. The van der Waals surface area contributed by atoms with Gasteiger partial charge in [0.15, 0.2) is 22.5 Å². The van der Waals surface area contributed by atoms with Crippen molar-refractivity contribution in [2.24, 2.45) is 0 Å². The highest BCUT2D eigenvalue weighted by Gasteiger charge is 2.30. The zero-order valence-electron chi connectivity index (χ0n) is 12.9. The molecule has 1 heterocycles. The number of pyridine rings is 1. The Balaban J connectivity index is 2.27. The lowest BCUT2D eigenvalue weighted by Gasteiger charge is -2.13. The van der Waals surface area contributed by atoms with Gasteiger partial charge in [0.2, 0.25) is 11.6 Å². The lowest BCUT2D eigenvalue weighted by molar-refractivity contribution is 0.0966. The van der Waals surface area contributed by atoms with Crippen LogP contribution in [0.25, 0.3) is 0 Å². The Labute approximate surface area is 145 Å². The minimum atomic E-state index is -1.90. The average Bonchev–Trinajstić information content (AvgIpc) is 2.56. The molecule has 2 rings (SSSR count). The zero-order chi connectivity index (χ0) is 18.7. The molecule has 25 heavy (non-hydrogen) atoms. The summed E-state index contributed by atoms with van der Waals surface area (Å²) in [6, 6.07) is 3.36. The molecule has 132 valence electrons. The number of rotatable bonds is 3. The van der Waals surface area contributed by atoms with E-state index < -0.39 is 40.5 Å². The van der Waals surface area contributed by atoms with E-state index in [0.29, 0.717) is 11.4 Å². The number of ether oxygens (including phenoxy) is 1. The molecule has 0 saturated heterocycles. The Bertz CT molecular complexity index is 832. The van der Waals surface area contributed by atoms with Crippen molar-refractivity contribution in [1.82, 2.24) is 10.3 Å². The average molecular weight is 373 g/mol. The third-order valence-corrected chi connectivity index (χ3v) is 3.33. The maximum Gasteiger partial charge on any atom is 0.263 e. The number of thiocarbonyl (C=S) groups is 1. The molecule has 2 aromatic rings. The van der Waals surface area contributed by atoms with Crippen LogP contribution in [0.4, 0.5) is 23.4 Å². The predicted molar refractivity (Wildman–Crippen MR) is 85.5 cm³/mol. The summed E-state index contributed by atoms with van der Waals surface area (Å²) in [4.78, 5) is 15.9. The minimum Gasteiger partial charge on any atom is -0.491 e. The number of hydrogen-bond acceptors (Lipinski definition) is 4. The summed E-state index contributed by atoms with van der Waals surface area (Å²) in [5.41, 5.74) is -0.782. The number of amides is 1. The molecular weight excluding hydrogens is 362 g/mol. The molecule has 2 N–H and O–H groups in total. The second-order valence-electron chi connectivity index (χ2n) is 4.74. The third kappa shape index (κ3) is 3.68. The number of carbonyl (C=O) groups excluding carboxylic acids is 1. The van der Waals surface area contributed by atoms with Gasteiger partial charge in [-0.1, -0.05) is 6.07 Å². The summed E-state index contributed by atoms with van der Waals surface area (Å²) in [5, 5.41) is 4.11. The van der Waals surface area contributed by atoms with Crippen molar-refractivity contribution >= 4 is 29.1 Å².